The number of hydrogen-bond donors (Lipinski definition) is 2. The third-order valence-electron chi connectivity index (χ3n) is 2.44. The van der Waals surface area contributed by atoms with Crippen LogP contribution in [0.3, 0.4) is 0 Å². The Morgan fingerprint density at radius 1 is 1.64 bits per heavy atom. The van der Waals surface area contributed by atoms with Crippen LogP contribution in [-0.2, 0) is 6.54 Å². The van der Waals surface area contributed by atoms with Gasteiger partial charge in [0.05, 0.1) is 17.3 Å². The summed E-state index contributed by atoms with van der Waals surface area (Å²) in [7, 11) is 0. The van der Waals surface area contributed by atoms with E-state index in [4.69, 9.17) is 0 Å². The summed E-state index contributed by atoms with van der Waals surface area (Å²) in [5, 5.41) is 14.9. The van der Waals surface area contributed by atoms with Crippen LogP contribution < -0.4 is 5.32 Å². The molecule has 0 aliphatic carbocycles. The van der Waals surface area contributed by atoms with Gasteiger partial charge in [-0.15, -0.1) is 11.3 Å². The van der Waals surface area contributed by atoms with Crippen molar-refractivity contribution in [1.29, 1.82) is 0 Å². The largest absolute Gasteiger partial charge is 0.392 e. The molecular weight excluding hydrogens is 196 g/mol. The van der Waals surface area contributed by atoms with Crippen LogP contribution in [-0.4, -0.2) is 22.7 Å². The Kier molecular flexibility index (Phi) is 5.07. The van der Waals surface area contributed by atoms with E-state index in [2.05, 4.69) is 24.1 Å². The first kappa shape index (κ1) is 11.6. The first-order valence-electron chi connectivity index (χ1n) is 5.00. The molecule has 0 aliphatic rings. The van der Waals surface area contributed by atoms with Gasteiger partial charge in [0.1, 0.15) is 0 Å². The minimum absolute atomic E-state index is 0.251. The van der Waals surface area contributed by atoms with Crippen LogP contribution >= 0.6 is 11.3 Å². The molecule has 2 N–H and O–H groups in total. The first-order chi connectivity index (χ1) is 6.74. The van der Waals surface area contributed by atoms with Gasteiger partial charge in [-0.25, -0.2) is 4.98 Å². The molecule has 14 heavy (non-hydrogen) atoms. The maximum atomic E-state index is 9.67. The number of thiazole rings is 1. The summed E-state index contributed by atoms with van der Waals surface area (Å²) in [4.78, 5) is 4.15. The van der Waals surface area contributed by atoms with Crippen LogP contribution in [0.15, 0.2) is 10.9 Å². The second-order valence-electron chi connectivity index (χ2n) is 3.56. The second-order valence-corrected chi connectivity index (χ2v) is 4.28. The van der Waals surface area contributed by atoms with Crippen LogP contribution in [0.4, 0.5) is 0 Å². The third-order valence-corrected chi connectivity index (χ3v) is 3.08. The number of nitrogens with one attached hydrogen (secondary N) is 1. The SMILES string of the molecule is CCC(C)C(O)CNCc1cscn1. The van der Waals surface area contributed by atoms with E-state index in [-0.39, 0.29) is 6.10 Å². The molecule has 1 aromatic heterocycles. The smallest absolute Gasteiger partial charge is 0.0795 e. The normalized spacial score (nSPS) is 15.4. The van der Waals surface area contributed by atoms with E-state index in [1.165, 1.54) is 0 Å². The quantitative estimate of drug-likeness (QED) is 0.756. The van der Waals surface area contributed by atoms with Gasteiger partial charge in [0.25, 0.3) is 0 Å². The van der Waals surface area contributed by atoms with Crippen molar-refractivity contribution in [3.8, 4) is 0 Å². The number of nitrogens with zero attached hydrogens (tertiary/aromatic N) is 1. The minimum Gasteiger partial charge on any atom is -0.392 e. The van der Waals surface area contributed by atoms with Crippen LogP contribution in [0, 0.1) is 5.92 Å². The summed E-state index contributed by atoms with van der Waals surface area (Å²) in [5.74, 6) is 0.359. The Morgan fingerprint density at radius 3 is 3.00 bits per heavy atom. The molecule has 0 aliphatic heterocycles. The highest BCUT2D eigenvalue weighted by Gasteiger charge is 2.11. The molecule has 0 aromatic carbocycles. The number of aliphatic hydroxyl groups is 1. The van der Waals surface area contributed by atoms with Gasteiger partial charge in [0.15, 0.2) is 0 Å². The van der Waals surface area contributed by atoms with Gasteiger partial charge in [0, 0.05) is 18.5 Å². The van der Waals surface area contributed by atoms with Crippen molar-refractivity contribution in [2.45, 2.75) is 32.9 Å². The van der Waals surface area contributed by atoms with E-state index in [0.29, 0.717) is 12.5 Å². The fourth-order valence-corrected chi connectivity index (χ4v) is 1.70. The highest BCUT2D eigenvalue weighted by molar-refractivity contribution is 7.07. The summed E-state index contributed by atoms with van der Waals surface area (Å²) in [5.41, 5.74) is 2.87. The summed E-state index contributed by atoms with van der Waals surface area (Å²) >= 11 is 1.60. The molecule has 2 unspecified atom stereocenters. The zero-order chi connectivity index (χ0) is 10.4. The van der Waals surface area contributed by atoms with E-state index in [1.54, 1.807) is 11.3 Å². The summed E-state index contributed by atoms with van der Waals surface area (Å²) < 4.78 is 0. The van der Waals surface area contributed by atoms with Gasteiger partial charge in [0.2, 0.25) is 0 Å². The zero-order valence-corrected chi connectivity index (χ0v) is 9.55. The topological polar surface area (TPSA) is 45.1 Å². The average Bonchev–Trinajstić information content (AvgIpc) is 2.69. The minimum atomic E-state index is -0.251. The van der Waals surface area contributed by atoms with Crippen molar-refractivity contribution in [1.82, 2.24) is 10.3 Å². The lowest BCUT2D eigenvalue weighted by molar-refractivity contribution is 0.112. The van der Waals surface area contributed by atoms with Crippen LogP contribution in [0.2, 0.25) is 0 Å². The van der Waals surface area contributed by atoms with Crippen LogP contribution in [0.1, 0.15) is 26.0 Å². The van der Waals surface area contributed by atoms with Gasteiger partial charge in [-0.05, 0) is 5.92 Å². The Bertz CT molecular complexity index is 238. The molecule has 1 rings (SSSR count). The Hall–Kier alpha value is -0.450. The van der Waals surface area contributed by atoms with E-state index < -0.39 is 0 Å². The number of aliphatic hydroxyl groups excluding tert-OH is 1. The van der Waals surface area contributed by atoms with E-state index in [1.807, 2.05) is 10.9 Å². The fraction of sp³-hybridized carbons (Fsp3) is 0.700. The summed E-state index contributed by atoms with van der Waals surface area (Å²) in [6.45, 7) is 5.55. The molecule has 1 heterocycles. The molecule has 0 bridgehead atoms. The highest BCUT2D eigenvalue weighted by atomic mass is 32.1. The van der Waals surface area contributed by atoms with Gasteiger partial charge in [-0.2, -0.15) is 0 Å². The fourth-order valence-electron chi connectivity index (χ4n) is 1.15. The Morgan fingerprint density at radius 2 is 2.43 bits per heavy atom. The van der Waals surface area contributed by atoms with Crippen molar-refractivity contribution >= 4 is 11.3 Å². The number of aromatic nitrogens is 1. The van der Waals surface area contributed by atoms with E-state index >= 15 is 0 Å². The Balaban J connectivity index is 2.15. The average molecular weight is 214 g/mol. The second kappa shape index (κ2) is 6.11. The molecule has 4 heteroatoms. The lowest BCUT2D eigenvalue weighted by atomic mass is 10.0. The molecule has 0 fully saturated rings. The lowest BCUT2D eigenvalue weighted by Crippen LogP contribution is -2.31. The first-order valence-corrected chi connectivity index (χ1v) is 5.94. The molecule has 0 saturated carbocycles. The van der Waals surface area contributed by atoms with Crippen molar-refractivity contribution in [3.05, 3.63) is 16.6 Å². The van der Waals surface area contributed by atoms with Gasteiger partial charge in [-0.3, -0.25) is 0 Å². The predicted molar refractivity (Wildman–Crippen MR) is 59.3 cm³/mol. The molecular formula is C10H18N2OS. The highest BCUT2D eigenvalue weighted by Crippen LogP contribution is 2.06. The number of rotatable bonds is 6. The Labute approximate surface area is 89.2 Å². The van der Waals surface area contributed by atoms with Crippen molar-refractivity contribution in [2.75, 3.05) is 6.54 Å². The van der Waals surface area contributed by atoms with Crippen molar-refractivity contribution in [3.63, 3.8) is 0 Å². The molecule has 0 saturated heterocycles. The van der Waals surface area contributed by atoms with E-state index in [0.717, 1.165) is 18.7 Å². The summed E-state index contributed by atoms with van der Waals surface area (Å²) in [6, 6.07) is 0. The maximum Gasteiger partial charge on any atom is 0.0795 e. The predicted octanol–water partition coefficient (Wildman–Crippen LogP) is 1.64. The molecule has 80 valence electrons. The molecule has 1 aromatic rings. The summed E-state index contributed by atoms with van der Waals surface area (Å²) in [6.07, 6.45) is 0.762. The van der Waals surface area contributed by atoms with Crippen molar-refractivity contribution < 1.29 is 5.11 Å². The number of hydrogen-bond acceptors (Lipinski definition) is 4. The molecule has 0 spiro atoms. The van der Waals surface area contributed by atoms with E-state index in [9.17, 15) is 5.11 Å². The molecule has 0 amide bonds. The van der Waals surface area contributed by atoms with Gasteiger partial charge in [-0.1, -0.05) is 20.3 Å². The monoisotopic (exact) mass is 214 g/mol. The van der Waals surface area contributed by atoms with Gasteiger partial charge >= 0.3 is 0 Å². The third kappa shape index (κ3) is 3.74. The van der Waals surface area contributed by atoms with Crippen molar-refractivity contribution in [2.24, 2.45) is 5.92 Å². The van der Waals surface area contributed by atoms with Gasteiger partial charge < -0.3 is 10.4 Å². The molecule has 2 atom stereocenters. The maximum absolute atomic E-state index is 9.67. The zero-order valence-electron chi connectivity index (χ0n) is 8.73. The standard InChI is InChI=1S/C10H18N2OS/c1-3-8(2)10(13)5-11-4-9-6-14-7-12-9/h6-8,10-11,13H,3-5H2,1-2H3. The van der Waals surface area contributed by atoms with Crippen LogP contribution in [0.25, 0.3) is 0 Å². The lowest BCUT2D eigenvalue weighted by Gasteiger charge is -2.17. The molecule has 0 radical (unpaired) electrons. The van der Waals surface area contributed by atoms with Crippen LogP contribution in [0.5, 0.6) is 0 Å². The molecule has 3 nitrogen and oxygen atoms in total.